The summed E-state index contributed by atoms with van der Waals surface area (Å²) in [5.41, 5.74) is 3.67. The lowest BCUT2D eigenvalue weighted by molar-refractivity contribution is 0.646. The summed E-state index contributed by atoms with van der Waals surface area (Å²) in [5, 5.41) is 3.56. The molecule has 1 heterocycles. The van der Waals surface area contributed by atoms with E-state index >= 15 is 0 Å². The summed E-state index contributed by atoms with van der Waals surface area (Å²) in [6.45, 7) is 5.48. The van der Waals surface area contributed by atoms with Gasteiger partial charge in [0.15, 0.2) is 0 Å². The third kappa shape index (κ3) is 3.16. The molecule has 1 aliphatic rings. The van der Waals surface area contributed by atoms with Crippen molar-refractivity contribution in [3.8, 4) is 0 Å². The number of aryl methyl sites for hydroxylation is 1. The summed E-state index contributed by atoms with van der Waals surface area (Å²) < 4.78 is 0. The van der Waals surface area contributed by atoms with E-state index in [0.717, 1.165) is 30.3 Å². The van der Waals surface area contributed by atoms with Crippen LogP contribution in [0.4, 0.5) is 0 Å². The summed E-state index contributed by atoms with van der Waals surface area (Å²) in [5.74, 6) is 1.54. The highest BCUT2D eigenvalue weighted by molar-refractivity contribution is 5.76. The predicted molar refractivity (Wildman–Crippen MR) is 79.5 cm³/mol. The number of aromatic nitrogens is 2. The predicted octanol–water partition coefficient (Wildman–Crippen LogP) is 3.37. The van der Waals surface area contributed by atoms with Crippen LogP contribution in [0.15, 0.2) is 18.2 Å². The number of aromatic amines is 1. The highest BCUT2D eigenvalue weighted by Crippen LogP contribution is 2.20. The normalized spacial score (nSPS) is 15.5. The van der Waals surface area contributed by atoms with Crippen molar-refractivity contribution in [1.29, 1.82) is 0 Å². The monoisotopic (exact) mass is 257 g/mol. The topological polar surface area (TPSA) is 40.7 Å². The third-order valence-corrected chi connectivity index (χ3v) is 3.76. The van der Waals surface area contributed by atoms with E-state index in [0.29, 0.717) is 5.92 Å². The van der Waals surface area contributed by atoms with E-state index in [2.05, 4.69) is 47.3 Å². The van der Waals surface area contributed by atoms with Crippen LogP contribution in [0.2, 0.25) is 0 Å². The van der Waals surface area contributed by atoms with Crippen molar-refractivity contribution >= 4 is 11.0 Å². The lowest BCUT2D eigenvalue weighted by Gasteiger charge is -2.03. The molecule has 0 aliphatic heterocycles. The molecular formula is C16H23N3. The van der Waals surface area contributed by atoms with Crippen LogP contribution in [0, 0.1) is 0 Å². The maximum absolute atomic E-state index is 4.61. The number of nitrogens with one attached hydrogen (secondary N) is 2. The Morgan fingerprint density at radius 1 is 1.37 bits per heavy atom. The molecule has 1 aliphatic carbocycles. The zero-order valence-electron chi connectivity index (χ0n) is 11.9. The third-order valence-electron chi connectivity index (χ3n) is 3.76. The second-order valence-electron chi connectivity index (χ2n) is 5.96. The van der Waals surface area contributed by atoms with Gasteiger partial charge in [-0.05, 0) is 49.9 Å². The van der Waals surface area contributed by atoms with Crippen LogP contribution in [-0.2, 0) is 6.42 Å². The second kappa shape index (κ2) is 5.33. The minimum atomic E-state index is 0.457. The molecule has 3 nitrogen and oxygen atoms in total. The van der Waals surface area contributed by atoms with Gasteiger partial charge in [0.25, 0.3) is 0 Å². The summed E-state index contributed by atoms with van der Waals surface area (Å²) in [4.78, 5) is 8.04. The number of imidazole rings is 1. The fraction of sp³-hybridized carbons (Fsp3) is 0.562. The van der Waals surface area contributed by atoms with Gasteiger partial charge in [-0.3, -0.25) is 0 Å². The van der Waals surface area contributed by atoms with Crippen LogP contribution in [0.25, 0.3) is 11.0 Å². The fourth-order valence-electron chi connectivity index (χ4n) is 2.39. The van der Waals surface area contributed by atoms with Crippen LogP contribution in [0.1, 0.15) is 50.4 Å². The standard InChI is InChI=1S/C16H23N3/c1-11(2)16-18-14-8-5-12(10-15(14)19-16)4-3-9-17-13-6-7-13/h5,8,10-11,13,17H,3-4,6-7,9H2,1-2H3,(H,18,19). The molecule has 0 spiro atoms. The minimum Gasteiger partial charge on any atom is -0.342 e. The van der Waals surface area contributed by atoms with Gasteiger partial charge in [0, 0.05) is 12.0 Å². The summed E-state index contributed by atoms with van der Waals surface area (Å²) >= 11 is 0. The molecule has 3 heteroatoms. The minimum absolute atomic E-state index is 0.457. The van der Waals surface area contributed by atoms with Gasteiger partial charge in [-0.15, -0.1) is 0 Å². The first-order valence-electron chi connectivity index (χ1n) is 7.44. The number of nitrogens with zero attached hydrogens (tertiary/aromatic N) is 1. The first-order valence-corrected chi connectivity index (χ1v) is 7.44. The Morgan fingerprint density at radius 3 is 2.95 bits per heavy atom. The molecular weight excluding hydrogens is 234 g/mol. The zero-order chi connectivity index (χ0) is 13.2. The number of fused-ring (bicyclic) bond motifs is 1. The van der Waals surface area contributed by atoms with Gasteiger partial charge >= 0.3 is 0 Å². The van der Waals surface area contributed by atoms with Crippen molar-refractivity contribution in [1.82, 2.24) is 15.3 Å². The van der Waals surface area contributed by atoms with Crippen molar-refractivity contribution in [2.75, 3.05) is 6.54 Å². The van der Waals surface area contributed by atoms with Crippen LogP contribution in [-0.4, -0.2) is 22.6 Å². The molecule has 2 N–H and O–H groups in total. The van der Waals surface area contributed by atoms with E-state index in [1.165, 1.54) is 30.3 Å². The van der Waals surface area contributed by atoms with Gasteiger partial charge in [0.1, 0.15) is 5.82 Å². The largest absolute Gasteiger partial charge is 0.342 e. The van der Waals surface area contributed by atoms with Gasteiger partial charge in [-0.1, -0.05) is 19.9 Å². The lowest BCUT2D eigenvalue weighted by Crippen LogP contribution is -2.17. The molecule has 1 aromatic carbocycles. The Kier molecular flexibility index (Phi) is 3.56. The SMILES string of the molecule is CC(C)c1nc2ccc(CCCNC3CC3)cc2[nH]1. The molecule has 0 unspecified atom stereocenters. The van der Waals surface area contributed by atoms with Crippen molar-refractivity contribution in [2.45, 2.75) is 51.5 Å². The molecule has 3 rings (SSSR count). The molecule has 0 saturated heterocycles. The van der Waals surface area contributed by atoms with E-state index in [4.69, 9.17) is 0 Å². The first-order chi connectivity index (χ1) is 9.22. The Labute approximate surface area is 114 Å². The maximum atomic E-state index is 4.61. The average molecular weight is 257 g/mol. The molecule has 1 saturated carbocycles. The molecule has 0 radical (unpaired) electrons. The molecule has 0 amide bonds. The van der Waals surface area contributed by atoms with Gasteiger partial charge in [0.05, 0.1) is 11.0 Å². The van der Waals surface area contributed by atoms with Gasteiger partial charge in [-0.25, -0.2) is 4.98 Å². The summed E-state index contributed by atoms with van der Waals surface area (Å²) in [7, 11) is 0. The second-order valence-corrected chi connectivity index (χ2v) is 5.96. The quantitative estimate of drug-likeness (QED) is 0.779. The smallest absolute Gasteiger partial charge is 0.109 e. The summed E-state index contributed by atoms with van der Waals surface area (Å²) in [6.07, 6.45) is 5.11. The number of hydrogen-bond donors (Lipinski definition) is 2. The van der Waals surface area contributed by atoms with Crippen LogP contribution < -0.4 is 5.32 Å². The lowest BCUT2D eigenvalue weighted by atomic mass is 10.1. The number of hydrogen-bond acceptors (Lipinski definition) is 2. The van der Waals surface area contributed by atoms with Gasteiger partial charge < -0.3 is 10.3 Å². The number of H-pyrrole nitrogens is 1. The molecule has 0 bridgehead atoms. The highest BCUT2D eigenvalue weighted by atomic mass is 14.9. The molecule has 2 aromatic rings. The van der Waals surface area contributed by atoms with Crippen LogP contribution >= 0.6 is 0 Å². The van der Waals surface area contributed by atoms with Crippen LogP contribution in [0.5, 0.6) is 0 Å². The van der Waals surface area contributed by atoms with Crippen LogP contribution in [0.3, 0.4) is 0 Å². The van der Waals surface area contributed by atoms with Crippen molar-refractivity contribution in [3.05, 3.63) is 29.6 Å². The fourth-order valence-corrected chi connectivity index (χ4v) is 2.39. The first kappa shape index (κ1) is 12.7. The Morgan fingerprint density at radius 2 is 2.21 bits per heavy atom. The van der Waals surface area contributed by atoms with E-state index < -0.39 is 0 Å². The van der Waals surface area contributed by atoms with Crippen molar-refractivity contribution < 1.29 is 0 Å². The Balaban J connectivity index is 1.62. The Hall–Kier alpha value is -1.35. The molecule has 19 heavy (non-hydrogen) atoms. The van der Waals surface area contributed by atoms with E-state index in [1.807, 2.05) is 0 Å². The average Bonchev–Trinajstić information content (AvgIpc) is 3.11. The number of rotatable bonds is 6. The Bertz CT molecular complexity index is 552. The van der Waals surface area contributed by atoms with E-state index in [-0.39, 0.29) is 0 Å². The highest BCUT2D eigenvalue weighted by Gasteiger charge is 2.19. The maximum Gasteiger partial charge on any atom is 0.109 e. The molecule has 1 fully saturated rings. The van der Waals surface area contributed by atoms with Gasteiger partial charge in [-0.2, -0.15) is 0 Å². The summed E-state index contributed by atoms with van der Waals surface area (Å²) in [6, 6.07) is 7.43. The van der Waals surface area contributed by atoms with E-state index in [1.54, 1.807) is 0 Å². The molecule has 102 valence electrons. The van der Waals surface area contributed by atoms with E-state index in [9.17, 15) is 0 Å². The number of benzene rings is 1. The molecule has 1 aromatic heterocycles. The molecule has 0 atom stereocenters. The van der Waals surface area contributed by atoms with Gasteiger partial charge in [0.2, 0.25) is 0 Å². The van der Waals surface area contributed by atoms with Crippen molar-refractivity contribution in [2.24, 2.45) is 0 Å². The van der Waals surface area contributed by atoms with Crippen molar-refractivity contribution in [3.63, 3.8) is 0 Å². The zero-order valence-corrected chi connectivity index (χ0v) is 11.9.